The van der Waals surface area contributed by atoms with Crippen LogP contribution in [0.3, 0.4) is 0 Å². The molecule has 5 fully saturated rings. The second-order valence-corrected chi connectivity index (χ2v) is 10.7. The fourth-order valence-corrected chi connectivity index (χ4v) is 7.56. The van der Waals surface area contributed by atoms with Gasteiger partial charge in [-0.15, -0.1) is 0 Å². The maximum Gasteiger partial charge on any atom is 0.127 e. The molecule has 2 aromatic rings. The molecule has 0 unspecified atom stereocenters. The predicted molar refractivity (Wildman–Crippen MR) is 119 cm³/mol. The van der Waals surface area contributed by atoms with Crippen molar-refractivity contribution in [2.45, 2.75) is 49.5 Å². The lowest BCUT2D eigenvalue weighted by atomic mass is 9.48. The van der Waals surface area contributed by atoms with Crippen LogP contribution in [0.15, 0.2) is 48.5 Å². The summed E-state index contributed by atoms with van der Waals surface area (Å²) >= 11 is 0. The second kappa shape index (κ2) is 6.83. The van der Waals surface area contributed by atoms with Crippen LogP contribution < -0.4 is 4.74 Å². The SMILES string of the molecule is COC1(c2ccc(Oc3ccc(C45CC6CC(CC(C6)C4)C5)cc3)cc2)CN(C)C1. The van der Waals surface area contributed by atoms with Crippen LogP contribution in [0.1, 0.15) is 49.7 Å². The summed E-state index contributed by atoms with van der Waals surface area (Å²) in [6, 6.07) is 17.5. The third kappa shape index (κ3) is 3.01. The first-order valence-electron chi connectivity index (χ1n) is 11.7. The molecule has 4 bridgehead atoms. The fraction of sp³-hybridized carbons (Fsp3) is 0.556. The number of hydrogen-bond donors (Lipinski definition) is 0. The number of nitrogens with zero attached hydrogens (tertiary/aromatic N) is 1. The highest BCUT2D eigenvalue weighted by atomic mass is 16.5. The van der Waals surface area contributed by atoms with Gasteiger partial charge in [-0.05, 0) is 104 Å². The highest BCUT2D eigenvalue weighted by Gasteiger charge is 2.51. The summed E-state index contributed by atoms with van der Waals surface area (Å²) < 4.78 is 12.0. The third-order valence-corrected chi connectivity index (χ3v) is 8.56. The fourth-order valence-electron chi connectivity index (χ4n) is 7.56. The zero-order valence-electron chi connectivity index (χ0n) is 18.3. The van der Waals surface area contributed by atoms with E-state index in [0.29, 0.717) is 5.41 Å². The van der Waals surface area contributed by atoms with Gasteiger partial charge in [-0.3, -0.25) is 4.90 Å². The smallest absolute Gasteiger partial charge is 0.127 e. The first-order chi connectivity index (χ1) is 14.6. The molecular formula is C27H33NO2. The first-order valence-corrected chi connectivity index (χ1v) is 11.7. The van der Waals surface area contributed by atoms with E-state index in [4.69, 9.17) is 9.47 Å². The molecule has 30 heavy (non-hydrogen) atoms. The number of hydrogen-bond acceptors (Lipinski definition) is 3. The van der Waals surface area contributed by atoms with Crippen molar-refractivity contribution in [2.24, 2.45) is 17.8 Å². The molecule has 5 aliphatic rings. The van der Waals surface area contributed by atoms with E-state index < -0.39 is 0 Å². The van der Waals surface area contributed by atoms with Gasteiger partial charge >= 0.3 is 0 Å². The van der Waals surface area contributed by atoms with E-state index in [1.165, 1.54) is 44.1 Å². The average molecular weight is 404 g/mol. The summed E-state index contributed by atoms with van der Waals surface area (Å²) in [7, 11) is 3.94. The van der Waals surface area contributed by atoms with Gasteiger partial charge in [0.1, 0.15) is 17.1 Å². The standard InChI is InChI=1S/C27H33NO2/c1-28-17-27(18-28,29-2)23-5-9-25(10-6-23)30-24-7-3-22(4-8-24)26-14-19-11-20(15-26)13-21(12-19)16-26/h3-10,19-21H,11-18H2,1-2H3. The summed E-state index contributed by atoms with van der Waals surface area (Å²) in [5.74, 6) is 4.77. The lowest BCUT2D eigenvalue weighted by Crippen LogP contribution is -2.58. The van der Waals surface area contributed by atoms with Gasteiger partial charge in [0.15, 0.2) is 0 Å². The minimum atomic E-state index is -0.160. The third-order valence-electron chi connectivity index (χ3n) is 8.56. The number of benzene rings is 2. The molecule has 4 saturated carbocycles. The van der Waals surface area contributed by atoms with Crippen molar-refractivity contribution in [3.8, 4) is 11.5 Å². The van der Waals surface area contributed by atoms with E-state index in [9.17, 15) is 0 Å². The summed E-state index contributed by atoms with van der Waals surface area (Å²) in [5.41, 5.74) is 3.08. The van der Waals surface area contributed by atoms with Gasteiger partial charge in [0.2, 0.25) is 0 Å². The van der Waals surface area contributed by atoms with Crippen LogP contribution in [0, 0.1) is 17.8 Å². The molecule has 0 N–H and O–H groups in total. The number of rotatable bonds is 5. The van der Waals surface area contributed by atoms with Crippen LogP contribution in [-0.2, 0) is 15.8 Å². The topological polar surface area (TPSA) is 21.7 Å². The molecule has 4 aliphatic carbocycles. The van der Waals surface area contributed by atoms with E-state index in [-0.39, 0.29) is 5.60 Å². The molecule has 0 spiro atoms. The zero-order valence-corrected chi connectivity index (χ0v) is 18.3. The Labute approximate surface area is 180 Å². The van der Waals surface area contributed by atoms with Crippen molar-refractivity contribution in [2.75, 3.05) is 27.2 Å². The molecule has 1 aliphatic heterocycles. The molecular weight excluding hydrogens is 370 g/mol. The number of likely N-dealkylation sites (N-methyl/N-ethyl adjacent to an activating group) is 1. The van der Waals surface area contributed by atoms with Crippen molar-refractivity contribution < 1.29 is 9.47 Å². The summed E-state index contributed by atoms with van der Waals surface area (Å²) in [4.78, 5) is 2.28. The Kier molecular flexibility index (Phi) is 4.30. The zero-order chi connectivity index (χ0) is 20.3. The van der Waals surface area contributed by atoms with Gasteiger partial charge in [0.25, 0.3) is 0 Å². The van der Waals surface area contributed by atoms with Crippen LogP contribution in [-0.4, -0.2) is 32.1 Å². The number of methoxy groups -OCH3 is 1. The minimum Gasteiger partial charge on any atom is -0.457 e. The van der Waals surface area contributed by atoms with Crippen molar-refractivity contribution in [3.63, 3.8) is 0 Å². The lowest BCUT2D eigenvalue weighted by molar-refractivity contribution is -0.121. The Morgan fingerprint density at radius 1 is 0.733 bits per heavy atom. The van der Waals surface area contributed by atoms with Gasteiger partial charge in [-0.2, -0.15) is 0 Å². The Bertz CT molecular complexity index is 876. The molecule has 1 heterocycles. The molecule has 0 aromatic heterocycles. The molecule has 7 rings (SSSR count). The first kappa shape index (κ1) is 18.9. The van der Waals surface area contributed by atoms with Crippen LogP contribution in [0.25, 0.3) is 0 Å². The van der Waals surface area contributed by atoms with E-state index >= 15 is 0 Å². The molecule has 1 saturated heterocycles. The van der Waals surface area contributed by atoms with Gasteiger partial charge in [-0.25, -0.2) is 0 Å². The van der Waals surface area contributed by atoms with E-state index in [1.807, 2.05) is 7.11 Å². The maximum absolute atomic E-state index is 6.18. The van der Waals surface area contributed by atoms with Crippen molar-refractivity contribution >= 4 is 0 Å². The van der Waals surface area contributed by atoms with Crippen LogP contribution in [0.5, 0.6) is 11.5 Å². The summed E-state index contributed by atoms with van der Waals surface area (Å²) in [6.45, 7) is 1.88. The van der Waals surface area contributed by atoms with Gasteiger partial charge in [0.05, 0.1) is 0 Å². The van der Waals surface area contributed by atoms with Crippen LogP contribution in [0.2, 0.25) is 0 Å². The molecule has 2 aromatic carbocycles. The quantitative estimate of drug-likeness (QED) is 0.636. The number of likely N-dealkylation sites (tertiary alicyclic amines) is 1. The van der Waals surface area contributed by atoms with E-state index in [2.05, 4.69) is 60.5 Å². The van der Waals surface area contributed by atoms with Crippen molar-refractivity contribution in [1.29, 1.82) is 0 Å². The van der Waals surface area contributed by atoms with Gasteiger partial charge in [0, 0.05) is 20.2 Å². The predicted octanol–water partition coefficient (Wildman–Crippen LogP) is 5.73. The van der Waals surface area contributed by atoms with Gasteiger partial charge in [-0.1, -0.05) is 24.3 Å². The lowest BCUT2D eigenvalue weighted by Gasteiger charge is -2.57. The van der Waals surface area contributed by atoms with E-state index in [0.717, 1.165) is 42.3 Å². The normalized spacial score (nSPS) is 34.0. The monoisotopic (exact) mass is 403 g/mol. The van der Waals surface area contributed by atoms with Gasteiger partial charge < -0.3 is 9.47 Å². The Balaban J connectivity index is 1.16. The minimum absolute atomic E-state index is 0.160. The van der Waals surface area contributed by atoms with E-state index in [1.54, 1.807) is 5.56 Å². The maximum atomic E-state index is 6.18. The molecule has 3 heteroatoms. The second-order valence-electron chi connectivity index (χ2n) is 10.7. The molecule has 158 valence electrons. The van der Waals surface area contributed by atoms with Crippen LogP contribution >= 0.6 is 0 Å². The molecule has 0 atom stereocenters. The largest absolute Gasteiger partial charge is 0.457 e. The molecule has 0 amide bonds. The highest BCUT2D eigenvalue weighted by molar-refractivity contribution is 5.39. The average Bonchev–Trinajstić information content (AvgIpc) is 2.71. The molecule has 3 nitrogen and oxygen atoms in total. The summed E-state index contributed by atoms with van der Waals surface area (Å²) in [5, 5.41) is 0. The number of ether oxygens (including phenoxy) is 2. The van der Waals surface area contributed by atoms with Crippen molar-refractivity contribution in [3.05, 3.63) is 59.7 Å². The Hall–Kier alpha value is -1.84. The van der Waals surface area contributed by atoms with Crippen molar-refractivity contribution in [1.82, 2.24) is 4.90 Å². The van der Waals surface area contributed by atoms with Crippen LogP contribution in [0.4, 0.5) is 0 Å². The summed E-state index contributed by atoms with van der Waals surface area (Å²) in [6.07, 6.45) is 8.73. The highest BCUT2D eigenvalue weighted by Crippen LogP contribution is 2.60. The Morgan fingerprint density at radius 2 is 1.20 bits per heavy atom. The molecule has 0 radical (unpaired) electrons. The Morgan fingerprint density at radius 3 is 1.63 bits per heavy atom.